The third-order valence-electron chi connectivity index (χ3n) is 3.66. The third-order valence-corrected chi connectivity index (χ3v) is 5.79. The van der Waals surface area contributed by atoms with Gasteiger partial charge < -0.3 is 5.32 Å². The van der Waals surface area contributed by atoms with Crippen molar-refractivity contribution in [1.29, 1.82) is 0 Å². The first-order valence-electron chi connectivity index (χ1n) is 6.79. The molecular formula is C14H19BrN2O3S. The monoisotopic (exact) mass is 374 g/mol. The van der Waals surface area contributed by atoms with E-state index in [2.05, 4.69) is 21.2 Å². The van der Waals surface area contributed by atoms with E-state index >= 15 is 0 Å². The van der Waals surface area contributed by atoms with E-state index in [0.29, 0.717) is 25.1 Å². The van der Waals surface area contributed by atoms with Crippen molar-refractivity contribution in [3.63, 3.8) is 0 Å². The Morgan fingerprint density at radius 1 is 1.43 bits per heavy atom. The van der Waals surface area contributed by atoms with Gasteiger partial charge in [-0.25, -0.2) is 12.7 Å². The van der Waals surface area contributed by atoms with E-state index in [1.54, 1.807) is 0 Å². The molecule has 1 aliphatic rings. The zero-order valence-corrected chi connectivity index (χ0v) is 14.5. The molecule has 1 fully saturated rings. The number of nitrogens with one attached hydrogen (secondary N) is 1. The first-order valence-corrected chi connectivity index (χ1v) is 9.43. The van der Waals surface area contributed by atoms with Gasteiger partial charge in [-0.2, -0.15) is 0 Å². The minimum Gasteiger partial charge on any atom is -0.326 e. The lowest BCUT2D eigenvalue weighted by atomic mass is 9.98. The Balaban J connectivity index is 2.04. The summed E-state index contributed by atoms with van der Waals surface area (Å²) in [5.74, 6) is -0.423. The Morgan fingerprint density at radius 3 is 2.76 bits per heavy atom. The first kappa shape index (κ1) is 16.5. The fourth-order valence-corrected chi connectivity index (χ4v) is 3.66. The first-order chi connectivity index (χ1) is 9.77. The van der Waals surface area contributed by atoms with E-state index in [0.717, 1.165) is 10.0 Å². The SMILES string of the molecule is Cc1ccc(NC(=O)C2CCCN(S(C)(=O)=O)C2)cc1Br. The summed E-state index contributed by atoms with van der Waals surface area (Å²) in [4.78, 5) is 12.3. The lowest BCUT2D eigenvalue weighted by molar-refractivity contribution is -0.120. The highest BCUT2D eigenvalue weighted by molar-refractivity contribution is 9.10. The molecule has 0 radical (unpaired) electrons. The predicted octanol–water partition coefficient (Wildman–Crippen LogP) is 2.37. The molecule has 1 aromatic rings. The van der Waals surface area contributed by atoms with Crippen LogP contribution in [0.1, 0.15) is 18.4 Å². The largest absolute Gasteiger partial charge is 0.326 e. The number of aryl methyl sites for hydroxylation is 1. The van der Waals surface area contributed by atoms with Gasteiger partial charge in [-0.3, -0.25) is 4.79 Å². The third kappa shape index (κ3) is 4.28. The number of halogens is 1. The zero-order chi connectivity index (χ0) is 15.6. The molecule has 1 aromatic carbocycles. The summed E-state index contributed by atoms with van der Waals surface area (Å²) in [7, 11) is -3.23. The Morgan fingerprint density at radius 2 is 2.14 bits per heavy atom. The van der Waals surface area contributed by atoms with Crippen LogP contribution in [0.3, 0.4) is 0 Å². The summed E-state index contributed by atoms with van der Waals surface area (Å²) < 4.78 is 25.5. The lowest BCUT2D eigenvalue weighted by Crippen LogP contribution is -2.43. The highest BCUT2D eigenvalue weighted by atomic mass is 79.9. The van der Waals surface area contributed by atoms with Gasteiger partial charge in [0.2, 0.25) is 15.9 Å². The molecule has 116 valence electrons. The van der Waals surface area contributed by atoms with Gasteiger partial charge in [0, 0.05) is 23.2 Å². The van der Waals surface area contributed by atoms with Crippen LogP contribution in [0.25, 0.3) is 0 Å². The van der Waals surface area contributed by atoms with Gasteiger partial charge in [0.1, 0.15) is 0 Å². The number of benzene rings is 1. The minimum absolute atomic E-state index is 0.126. The topological polar surface area (TPSA) is 66.5 Å². The number of rotatable bonds is 3. The molecule has 1 heterocycles. The van der Waals surface area contributed by atoms with E-state index in [9.17, 15) is 13.2 Å². The van der Waals surface area contributed by atoms with Crippen molar-refractivity contribution >= 4 is 37.5 Å². The smallest absolute Gasteiger partial charge is 0.228 e. The molecule has 1 atom stereocenters. The summed E-state index contributed by atoms with van der Waals surface area (Å²) in [5, 5.41) is 2.86. The number of sulfonamides is 1. The maximum Gasteiger partial charge on any atom is 0.228 e. The Bertz CT molecular complexity index is 646. The molecular weight excluding hydrogens is 356 g/mol. The van der Waals surface area contributed by atoms with Crippen LogP contribution in [0.4, 0.5) is 5.69 Å². The van der Waals surface area contributed by atoms with Crippen LogP contribution in [-0.2, 0) is 14.8 Å². The molecule has 5 nitrogen and oxygen atoms in total. The second-order valence-corrected chi connectivity index (χ2v) is 8.25. The van der Waals surface area contributed by atoms with Gasteiger partial charge in [0.25, 0.3) is 0 Å². The second kappa shape index (κ2) is 6.46. The van der Waals surface area contributed by atoms with Crippen molar-refractivity contribution in [2.75, 3.05) is 24.7 Å². The Labute approximate surface area is 133 Å². The molecule has 0 aromatic heterocycles. The summed E-state index contributed by atoms with van der Waals surface area (Å²) in [6.45, 7) is 2.73. The Kier molecular flexibility index (Phi) is 5.06. The summed E-state index contributed by atoms with van der Waals surface area (Å²) >= 11 is 3.43. The average Bonchev–Trinajstić information content (AvgIpc) is 2.42. The molecule has 2 rings (SSSR count). The van der Waals surface area contributed by atoms with Gasteiger partial charge in [-0.15, -0.1) is 0 Å². The fraction of sp³-hybridized carbons (Fsp3) is 0.500. The predicted molar refractivity (Wildman–Crippen MR) is 86.6 cm³/mol. The van der Waals surface area contributed by atoms with Crippen molar-refractivity contribution in [3.05, 3.63) is 28.2 Å². The normalized spacial score (nSPS) is 20.2. The number of hydrogen-bond acceptors (Lipinski definition) is 3. The highest BCUT2D eigenvalue weighted by Crippen LogP contribution is 2.23. The van der Waals surface area contributed by atoms with Crippen LogP contribution in [0.5, 0.6) is 0 Å². The molecule has 0 saturated carbocycles. The molecule has 1 amide bonds. The summed E-state index contributed by atoms with van der Waals surface area (Å²) in [6.07, 6.45) is 2.61. The van der Waals surface area contributed by atoms with Crippen LogP contribution in [0.2, 0.25) is 0 Å². The van der Waals surface area contributed by atoms with Crippen molar-refractivity contribution < 1.29 is 13.2 Å². The Hall–Kier alpha value is -0.920. The molecule has 0 aliphatic carbocycles. The molecule has 1 saturated heterocycles. The van der Waals surface area contributed by atoms with Crippen molar-refractivity contribution in [1.82, 2.24) is 4.31 Å². The quantitative estimate of drug-likeness (QED) is 0.882. The van der Waals surface area contributed by atoms with E-state index in [-0.39, 0.29) is 18.4 Å². The van der Waals surface area contributed by atoms with Crippen LogP contribution in [0.15, 0.2) is 22.7 Å². The van der Waals surface area contributed by atoms with Gasteiger partial charge >= 0.3 is 0 Å². The van der Waals surface area contributed by atoms with Crippen LogP contribution < -0.4 is 5.32 Å². The number of carbonyl (C=O) groups is 1. The summed E-state index contributed by atoms with van der Waals surface area (Å²) in [6, 6.07) is 5.61. The maximum atomic E-state index is 12.3. The van der Waals surface area contributed by atoms with Crippen molar-refractivity contribution in [2.45, 2.75) is 19.8 Å². The number of anilines is 1. The number of piperidine rings is 1. The standard InChI is InChI=1S/C14H19BrN2O3S/c1-10-5-6-12(8-13(10)15)16-14(18)11-4-3-7-17(9-11)21(2,19)20/h5-6,8,11H,3-4,7,9H2,1-2H3,(H,16,18). The molecule has 7 heteroatoms. The minimum atomic E-state index is -3.23. The molecule has 21 heavy (non-hydrogen) atoms. The highest BCUT2D eigenvalue weighted by Gasteiger charge is 2.30. The number of carbonyl (C=O) groups excluding carboxylic acids is 1. The van der Waals surface area contributed by atoms with E-state index in [4.69, 9.17) is 0 Å². The molecule has 0 bridgehead atoms. The molecule has 1 N–H and O–H groups in total. The van der Waals surface area contributed by atoms with Crippen LogP contribution in [-0.4, -0.2) is 38.0 Å². The van der Waals surface area contributed by atoms with Crippen LogP contribution >= 0.6 is 15.9 Å². The van der Waals surface area contributed by atoms with Crippen molar-refractivity contribution in [2.24, 2.45) is 5.92 Å². The lowest BCUT2D eigenvalue weighted by Gasteiger charge is -2.30. The van der Waals surface area contributed by atoms with Gasteiger partial charge in [0.15, 0.2) is 0 Å². The van der Waals surface area contributed by atoms with E-state index < -0.39 is 10.0 Å². The molecule has 0 spiro atoms. The summed E-state index contributed by atoms with van der Waals surface area (Å²) in [5.41, 5.74) is 1.81. The number of amides is 1. The van der Waals surface area contributed by atoms with Gasteiger partial charge in [-0.05, 0) is 37.5 Å². The van der Waals surface area contributed by atoms with E-state index in [1.807, 2.05) is 25.1 Å². The van der Waals surface area contributed by atoms with Crippen molar-refractivity contribution in [3.8, 4) is 0 Å². The molecule has 1 aliphatic heterocycles. The van der Waals surface area contributed by atoms with Gasteiger partial charge in [0.05, 0.1) is 12.2 Å². The molecule has 1 unspecified atom stereocenters. The zero-order valence-electron chi connectivity index (χ0n) is 12.1. The number of nitrogens with zero attached hydrogens (tertiary/aromatic N) is 1. The second-order valence-electron chi connectivity index (χ2n) is 5.41. The fourth-order valence-electron chi connectivity index (χ4n) is 2.37. The van der Waals surface area contributed by atoms with Gasteiger partial charge in [-0.1, -0.05) is 22.0 Å². The number of hydrogen-bond donors (Lipinski definition) is 1. The van der Waals surface area contributed by atoms with Crippen LogP contribution in [0, 0.1) is 12.8 Å². The average molecular weight is 375 g/mol. The maximum absolute atomic E-state index is 12.3. The van der Waals surface area contributed by atoms with E-state index in [1.165, 1.54) is 10.6 Å².